The van der Waals surface area contributed by atoms with Crippen LogP contribution in [0.25, 0.3) is 11.0 Å². The van der Waals surface area contributed by atoms with Gasteiger partial charge in [0.15, 0.2) is 5.65 Å². The van der Waals surface area contributed by atoms with Gasteiger partial charge < -0.3 is 15.2 Å². The number of hydrogen-bond donors (Lipinski definition) is 2. The molecule has 2 N–H and O–H groups in total. The van der Waals surface area contributed by atoms with Gasteiger partial charge in [-0.2, -0.15) is 5.10 Å². The number of fused-ring (bicyclic) bond motifs is 1. The Kier molecular flexibility index (Phi) is 4.26. The van der Waals surface area contributed by atoms with Gasteiger partial charge in [-0.05, 0) is 19.9 Å². The molecule has 26 heavy (non-hydrogen) atoms. The van der Waals surface area contributed by atoms with Crippen LogP contribution in [-0.4, -0.2) is 50.0 Å². The van der Waals surface area contributed by atoms with Crippen molar-refractivity contribution < 1.29 is 19.4 Å². The second-order valence-electron chi connectivity index (χ2n) is 7.34. The molecule has 0 bridgehead atoms. The highest BCUT2D eigenvalue weighted by Gasteiger charge is 2.66. The van der Waals surface area contributed by atoms with Gasteiger partial charge >= 0.3 is 5.97 Å². The highest BCUT2D eigenvalue weighted by atomic mass is 16.5. The molecule has 0 aliphatic heterocycles. The highest BCUT2D eigenvalue weighted by Crippen LogP contribution is 2.51. The first-order chi connectivity index (χ1) is 12.1. The van der Waals surface area contributed by atoms with Crippen molar-refractivity contribution in [2.75, 3.05) is 6.61 Å². The van der Waals surface area contributed by atoms with E-state index in [1.165, 1.54) is 6.20 Å². The molecule has 8 nitrogen and oxygen atoms in total. The molecule has 8 heteroatoms. The summed E-state index contributed by atoms with van der Waals surface area (Å²) in [5.41, 5.74) is -0.356. The van der Waals surface area contributed by atoms with E-state index in [0.29, 0.717) is 17.8 Å². The molecule has 2 unspecified atom stereocenters. The average molecular weight is 360 g/mol. The van der Waals surface area contributed by atoms with Gasteiger partial charge in [0.2, 0.25) is 0 Å². The van der Waals surface area contributed by atoms with Gasteiger partial charge in [-0.15, -0.1) is 0 Å². The van der Waals surface area contributed by atoms with Crippen LogP contribution in [0.4, 0.5) is 0 Å². The van der Waals surface area contributed by atoms with Crippen LogP contribution in [0, 0.1) is 12.3 Å². The largest absolute Gasteiger partial charge is 0.479 e. The molecule has 0 spiro atoms. The molecule has 1 saturated carbocycles. The van der Waals surface area contributed by atoms with Crippen LogP contribution in [-0.2, 0) is 16.6 Å². The summed E-state index contributed by atoms with van der Waals surface area (Å²) < 4.78 is 7.27. The molecule has 2 aromatic heterocycles. The number of carboxylic acid groups (broad SMARTS) is 1. The van der Waals surface area contributed by atoms with E-state index in [-0.39, 0.29) is 12.5 Å². The van der Waals surface area contributed by atoms with Gasteiger partial charge in [-0.1, -0.05) is 13.8 Å². The summed E-state index contributed by atoms with van der Waals surface area (Å²) in [6.07, 6.45) is 1.46. The minimum absolute atomic E-state index is 0.218. The summed E-state index contributed by atoms with van der Waals surface area (Å²) in [6.45, 7) is 7.81. The van der Waals surface area contributed by atoms with Crippen LogP contribution in [0.1, 0.15) is 43.2 Å². The fourth-order valence-electron chi connectivity index (χ4n) is 3.74. The van der Waals surface area contributed by atoms with Crippen molar-refractivity contribution in [3.63, 3.8) is 0 Å². The first kappa shape index (κ1) is 18.3. The van der Waals surface area contributed by atoms with Crippen LogP contribution >= 0.6 is 0 Å². The van der Waals surface area contributed by atoms with Crippen LogP contribution < -0.4 is 5.32 Å². The minimum Gasteiger partial charge on any atom is -0.479 e. The summed E-state index contributed by atoms with van der Waals surface area (Å²) in [6, 6.07) is 1.70. The van der Waals surface area contributed by atoms with Crippen molar-refractivity contribution in [2.45, 2.75) is 45.8 Å². The topological polar surface area (TPSA) is 106 Å². The lowest BCUT2D eigenvalue weighted by molar-refractivity contribution is -0.190. The maximum Gasteiger partial charge on any atom is 0.330 e. The predicted molar refractivity (Wildman–Crippen MR) is 94.9 cm³/mol. The van der Waals surface area contributed by atoms with E-state index in [9.17, 15) is 14.7 Å². The molecule has 0 aromatic carbocycles. The van der Waals surface area contributed by atoms with Gasteiger partial charge in [-0.25, -0.2) is 9.78 Å². The SMILES string of the molecule is CCOC1CC(NC(=O)c2cnc3c(c2)c(C)nn3C)(C(=O)O)C1(C)C. The normalized spacial score (nSPS) is 24.3. The Balaban J connectivity index is 1.90. The minimum atomic E-state index is -1.37. The lowest BCUT2D eigenvalue weighted by Gasteiger charge is -2.58. The molecule has 2 aromatic rings. The fraction of sp³-hybridized carbons (Fsp3) is 0.556. The van der Waals surface area contributed by atoms with Gasteiger partial charge in [0.1, 0.15) is 5.54 Å². The number of aryl methyl sites for hydroxylation is 2. The number of nitrogens with one attached hydrogen (secondary N) is 1. The average Bonchev–Trinajstić information content (AvgIpc) is 2.87. The third-order valence-electron chi connectivity index (χ3n) is 5.58. The van der Waals surface area contributed by atoms with Gasteiger partial charge in [0.25, 0.3) is 5.91 Å². The molecule has 2 heterocycles. The maximum absolute atomic E-state index is 12.8. The van der Waals surface area contributed by atoms with Crippen molar-refractivity contribution in [2.24, 2.45) is 12.5 Å². The second-order valence-corrected chi connectivity index (χ2v) is 7.34. The Morgan fingerprint density at radius 1 is 1.46 bits per heavy atom. The number of aromatic nitrogens is 3. The Morgan fingerprint density at radius 3 is 2.73 bits per heavy atom. The quantitative estimate of drug-likeness (QED) is 0.840. The molecule has 140 valence electrons. The van der Waals surface area contributed by atoms with E-state index in [1.54, 1.807) is 31.6 Å². The Bertz CT molecular complexity index is 889. The van der Waals surface area contributed by atoms with Crippen molar-refractivity contribution >= 4 is 22.9 Å². The zero-order valence-corrected chi connectivity index (χ0v) is 15.7. The molecule has 0 saturated heterocycles. The summed E-state index contributed by atoms with van der Waals surface area (Å²) >= 11 is 0. The number of hydrogen-bond acceptors (Lipinski definition) is 5. The monoisotopic (exact) mass is 360 g/mol. The lowest BCUT2D eigenvalue weighted by atomic mass is 9.54. The van der Waals surface area contributed by atoms with Crippen LogP contribution in [0.2, 0.25) is 0 Å². The fourth-order valence-corrected chi connectivity index (χ4v) is 3.74. The molecule has 3 rings (SSSR count). The molecule has 1 aliphatic carbocycles. The number of pyridine rings is 1. The van der Waals surface area contributed by atoms with Gasteiger partial charge in [0, 0.05) is 37.1 Å². The van der Waals surface area contributed by atoms with E-state index in [0.717, 1.165) is 11.1 Å². The second kappa shape index (κ2) is 6.05. The number of carbonyl (C=O) groups excluding carboxylic acids is 1. The van der Waals surface area contributed by atoms with E-state index >= 15 is 0 Å². The number of nitrogens with zero attached hydrogens (tertiary/aromatic N) is 3. The zero-order valence-electron chi connectivity index (χ0n) is 15.7. The number of amides is 1. The third kappa shape index (κ3) is 2.47. The summed E-state index contributed by atoms with van der Waals surface area (Å²) in [5.74, 6) is -1.52. The zero-order chi connectivity index (χ0) is 19.3. The van der Waals surface area contributed by atoms with Crippen LogP contribution in [0.5, 0.6) is 0 Å². The van der Waals surface area contributed by atoms with Crippen molar-refractivity contribution in [3.8, 4) is 0 Å². The van der Waals surface area contributed by atoms with E-state index in [4.69, 9.17) is 4.74 Å². The molecular weight excluding hydrogens is 336 g/mol. The number of rotatable bonds is 5. The predicted octanol–water partition coefficient (Wildman–Crippen LogP) is 1.66. The highest BCUT2D eigenvalue weighted by molar-refractivity contribution is 6.00. The number of carbonyl (C=O) groups is 2. The number of aliphatic carboxylic acids is 1. The summed E-state index contributed by atoms with van der Waals surface area (Å²) in [5, 5.41) is 17.6. The molecule has 1 fully saturated rings. The molecule has 0 radical (unpaired) electrons. The molecular formula is C18H24N4O4. The van der Waals surface area contributed by atoms with Crippen molar-refractivity contribution in [1.82, 2.24) is 20.1 Å². The first-order valence-electron chi connectivity index (χ1n) is 8.61. The van der Waals surface area contributed by atoms with Gasteiger partial charge in [-0.3, -0.25) is 9.48 Å². The summed E-state index contributed by atoms with van der Waals surface area (Å²) in [4.78, 5) is 29.1. The standard InChI is InChI=1S/C18H24N4O4/c1-6-26-13-8-18(16(24)25,17(13,3)4)20-15(23)11-7-12-10(2)21-22(5)14(12)19-9-11/h7,9,13H,6,8H2,1-5H3,(H,20,23)(H,24,25). The molecule has 1 amide bonds. The third-order valence-corrected chi connectivity index (χ3v) is 5.58. The smallest absolute Gasteiger partial charge is 0.330 e. The number of ether oxygens (including phenoxy) is 1. The van der Waals surface area contributed by atoms with E-state index < -0.39 is 22.8 Å². The lowest BCUT2D eigenvalue weighted by Crippen LogP contribution is -2.76. The maximum atomic E-state index is 12.8. The van der Waals surface area contributed by atoms with Crippen LogP contribution in [0.15, 0.2) is 12.3 Å². The van der Waals surface area contributed by atoms with Crippen molar-refractivity contribution in [3.05, 3.63) is 23.5 Å². The van der Waals surface area contributed by atoms with E-state index in [1.807, 2.05) is 13.8 Å². The van der Waals surface area contributed by atoms with Crippen molar-refractivity contribution in [1.29, 1.82) is 0 Å². The number of carboxylic acids is 1. The Morgan fingerprint density at radius 2 is 2.15 bits per heavy atom. The Labute approximate surface area is 151 Å². The first-order valence-corrected chi connectivity index (χ1v) is 8.61. The van der Waals surface area contributed by atoms with Gasteiger partial charge in [0.05, 0.1) is 17.4 Å². The molecule has 1 aliphatic rings. The van der Waals surface area contributed by atoms with E-state index in [2.05, 4.69) is 15.4 Å². The molecule has 2 atom stereocenters. The Hall–Kier alpha value is -2.48. The summed E-state index contributed by atoms with van der Waals surface area (Å²) in [7, 11) is 1.78. The van der Waals surface area contributed by atoms with Crippen LogP contribution in [0.3, 0.4) is 0 Å².